The molecule has 1 aromatic heterocycles. The molecule has 0 unspecified atom stereocenters. The first-order valence-electron chi connectivity index (χ1n) is 19.6. The van der Waals surface area contributed by atoms with Crippen LogP contribution in [0.2, 0.25) is 0 Å². The van der Waals surface area contributed by atoms with E-state index in [1.807, 2.05) is 48.3 Å². The van der Waals surface area contributed by atoms with Crippen molar-refractivity contribution < 1.29 is 47.0 Å². The van der Waals surface area contributed by atoms with E-state index in [1.165, 1.54) is 24.3 Å². The summed E-state index contributed by atoms with van der Waals surface area (Å²) in [5.74, 6) is -16.5. The minimum absolute atomic E-state index is 0.0295. The molecule has 2 saturated carbocycles. The molecule has 4 aromatic rings. The number of carbonyl (C=O) groups is 4. The second kappa shape index (κ2) is 18.1. The number of carboxylic acid groups (broad SMARTS) is 1. The minimum atomic E-state index is -5.44. The van der Waals surface area contributed by atoms with Gasteiger partial charge in [-0.05, 0) is 129 Å². The van der Waals surface area contributed by atoms with E-state index in [9.17, 15) is 41.8 Å². The van der Waals surface area contributed by atoms with Gasteiger partial charge in [-0.25, -0.2) is 4.79 Å². The van der Waals surface area contributed by atoms with Crippen molar-refractivity contribution in [1.29, 1.82) is 0 Å². The van der Waals surface area contributed by atoms with Gasteiger partial charge in [0, 0.05) is 35.2 Å². The first kappa shape index (κ1) is 42.9. The van der Waals surface area contributed by atoms with Gasteiger partial charge in [0.15, 0.2) is 5.82 Å². The normalized spacial score (nSPS) is 20.3. The zero-order chi connectivity index (χ0) is 42.5. The Labute approximate surface area is 337 Å². The number of nitrogens with zero attached hydrogens (tertiary/aromatic N) is 2. The molecule has 59 heavy (non-hydrogen) atoms. The van der Waals surface area contributed by atoms with Crippen LogP contribution in [0.5, 0.6) is 0 Å². The summed E-state index contributed by atoms with van der Waals surface area (Å²) in [5.41, 5.74) is 10.2. The number of nitrogens with one attached hydrogen (secondary N) is 4. The average Bonchev–Trinajstić information content (AvgIpc) is 3.73. The van der Waals surface area contributed by atoms with E-state index >= 15 is 0 Å². The molecule has 0 spiro atoms. The molecule has 1 heterocycles. The molecule has 0 radical (unpaired) electrons. The van der Waals surface area contributed by atoms with Crippen LogP contribution in [0.3, 0.4) is 0 Å². The number of nitrogens with two attached hydrogens (primary N) is 1. The molecule has 2 aliphatic carbocycles. The minimum Gasteiger partial charge on any atom is -0.477 e. The smallest absolute Gasteiger partial charge is 0.411 e. The van der Waals surface area contributed by atoms with Crippen LogP contribution in [-0.2, 0) is 26.7 Å². The summed E-state index contributed by atoms with van der Waals surface area (Å²) in [7, 11) is 0. The fourth-order valence-corrected chi connectivity index (χ4v) is 7.59. The number of carbonyl (C=O) groups excluding carboxylic acids is 3. The Bertz CT molecular complexity index is 2130. The van der Waals surface area contributed by atoms with E-state index in [0.717, 1.165) is 47.9 Å². The molecule has 0 aliphatic heterocycles. The number of aryl methyl sites for hydroxylation is 1. The molecular formula is C42H47F4N7O6. The Balaban J connectivity index is 1.14. The van der Waals surface area contributed by atoms with E-state index in [0.29, 0.717) is 43.7 Å². The summed E-state index contributed by atoms with van der Waals surface area (Å²) < 4.78 is 55.9. The highest BCUT2D eigenvalue weighted by Gasteiger charge is 2.65. The number of benzene rings is 3. The summed E-state index contributed by atoms with van der Waals surface area (Å²) in [4.78, 5) is 52.9. The molecule has 3 amide bonds. The standard InChI is InChI=1S/C42H47F4N7O6/c1-23-20-29(37(56)48-31-15-17-32(54)18-16-31)12-19-33(23)26-6-2-24(3-7-26)21-34(50-36(55)28-8-4-25(22-47)5-9-28)38(57)49-30-13-10-27(11-14-30)35-51-39(53-52-35)41(43,44)42(45,46)40(58)59/h2-3,6-7,10-14,19-20,25,28,31-32,34,54H,4-5,8-9,15-18,21-22,47H2,1H3,(H,48,56)(H,49,57)(H,50,55)(H,58,59)(H,51,52,53)/t25-,28-,31-,32-,34-/m1/s1. The number of hydrogen-bond donors (Lipinski definition) is 7. The van der Waals surface area contributed by atoms with Crippen molar-refractivity contribution in [2.24, 2.45) is 17.6 Å². The summed E-state index contributed by atoms with van der Waals surface area (Å²) in [6.07, 6.45) is 5.53. The molecule has 2 aliphatic rings. The number of carboxylic acids is 1. The van der Waals surface area contributed by atoms with Crippen molar-refractivity contribution in [1.82, 2.24) is 25.8 Å². The van der Waals surface area contributed by atoms with Gasteiger partial charge >= 0.3 is 17.8 Å². The van der Waals surface area contributed by atoms with Crippen LogP contribution in [0.4, 0.5) is 23.2 Å². The predicted molar refractivity (Wildman–Crippen MR) is 209 cm³/mol. The van der Waals surface area contributed by atoms with Crippen molar-refractivity contribution in [3.8, 4) is 22.5 Å². The Morgan fingerprint density at radius 3 is 2.12 bits per heavy atom. The lowest BCUT2D eigenvalue weighted by molar-refractivity contribution is -0.231. The summed E-state index contributed by atoms with van der Waals surface area (Å²) in [5, 5.41) is 33.6. The van der Waals surface area contributed by atoms with E-state index in [1.54, 1.807) is 6.07 Å². The van der Waals surface area contributed by atoms with Crippen LogP contribution in [0, 0.1) is 18.8 Å². The molecule has 0 bridgehead atoms. The van der Waals surface area contributed by atoms with Gasteiger partial charge in [-0.3, -0.25) is 14.4 Å². The number of rotatable bonds is 14. The van der Waals surface area contributed by atoms with Gasteiger partial charge in [-0.1, -0.05) is 30.3 Å². The highest BCUT2D eigenvalue weighted by atomic mass is 19.3. The van der Waals surface area contributed by atoms with Crippen LogP contribution in [0.25, 0.3) is 22.5 Å². The van der Waals surface area contributed by atoms with E-state index in [4.69, 9.17) is 10.8 Å². The van der Waals surface area contributed by atoms with Crippen LogP contribution in [0.15, 0.2) is 66.7 Å². The van der Waals surface area contributed by atoms with Crippen LogP contribution in [-0.4, -0.2) is 79.7 Å². The average molecular weight is 822 g/mol. The Hall–Kier alpha value is -5.68. The van der Waals surface area contributed by atoms with Gasteiger partial charge < -0.3 is 36.9 Å². The number of aliphatic hydroxyl groups is 1. The number of anilines is 1. The molecule has 13 nitrogen and oxygen atoms in total. The van der Waals surface area contributed by atoms with E-state index in [-0.39, 0.29) is 53.4 Å². The van der Waals surface area contributed by atoms with Gasteiger partial charge in [0.1, 0.15) is 6.04 Å². The zero-order valence-electron chi connectivity index (χ0n) is 32.3. The first-order chi connectivity index (χ1) is 28.0. The Morgan fingerprint density at radius 2 is 1.51 bits per heavy atom. The second-order valence-corrected chi connectivity index (χ2v) is 15.5. The molecule has 17 heteroatoms. The molecule has 2 fully saturated rings. The van der Waals surface area contributed by atoms with Gasteiger partial charge in [-0.15, -0.1) is 10.2 Å². The van der Waals surface area contributed by atoms with Gasteiger partial charge in [0.25, 0.3) is 5.91 Å². The number of hydrogen-bond acceptors (Lipinski definition) is 8. The number of halogens is 4. The fraction of sp³-hybridized carbons (Fsp3) is 0.429. The molecule has 3 aromatic carbocycles. The third-order valence-electron chi connectivity index (χ3n) is 11.3. The maximum absolute atomic E-state index is 14.3. The fourth-order valence-electron chi connectivity index (χ4n) is 7.59. The highest BCUT2D eigenvalue weighted by molar-refractivity contribution is 5.98. The molecule has 1 atom stereocenters. The first-order valence-corrected chi connectivity index (χ1v) is 19.6. The number of aliphatic carboxylic acids is 1. The number of aromatic nitrogens is 3. The molecule has 0 saturated heterocycles. The van der Waals surface area contributed by atoms with Gasteiger partial charge in [0.2, 0.25) is 17.6 Å². The van der Waals surface area contributed by atoms with Crippen LogP contribution >= 0.6 is 0 Å². The van der Waals surface area contributed by atoms with Crippen LogP contribution < -0.4 is 21.7 Å². The van der Waals surface area contributed by atoms with Crippen molar-refractivity contribution in [2.75, 3.05) is 11.9 Å². The second-order valence-electron chi connectivity index (χ2n) is 15.5. The van der Waals surface area contributed by atoms with Gasteiger partial charge in [-0.2, -0.15) is 17.6 Å². The molecule has 8 N–H and O–H groups in total. The number of amides is 3. The van der Waals surface area contributed by atoms with Crippen molar-refractivity contribution in [2.45, 2.75) is 94.7 Å². The Morgan fingerprint density at radius 1 is 0.864 bits per heavy atom. The maximum Gasteiger partial charge on any atom is 0.411 e. The maximum atomic E-state index is 14.3. The topological polar surface area (TPSA) is 212 Å². The highest BCUT2D eigenvalue weighted by Crippen LogP contribution is 2.42. The molecule has 6 rings (SSSR count). The van der Waals surface area contributed by atoms with E-state index in [2.05, 4.69) is 26.1 Å². The monoisotopic (exact) mass is 821 g/mol. The van der Waals surface area contributed by atoms with Crippen molar-refractivity contribution in [3.05, 3.63) is 89.2 Å². The lowest BCUT2D eigenvalue weighted by atomic mass is 9.81. The summed E-state index contributed by atoms with van der Waals surface area (Å²) >= 11 is 0. The number of H-pyrrole nitrogens is 1. The van der Waals surface area contributed by atoms with Crippen molar-refractivity contribution >= 4 is 29.4 Å². The molecule has 314 valence electrons. The Kier molecular flexibility index (Phi) is 13.1. The number of aromatic amines is 1. The summed E-state index contributed by atoms with van der Waals surface area (Å²) in [6, 6.07) is 17.6. The van der Waals surface area contributed by atoms with Crippen molar-refractivity contribution in [3.63, 3.8) is 0 Å². The largest absolute Gasteiger partial charge is 0.477 e. The molecular weight excluding hydrogens is 774 g/mol. The lowest BCUT2D eigenvalue weighted by Gasteiger charge is -2.28. The zero-order valence-corrected chi connectivity index (χ0v) is 32.3. The predicted octanol–water partition coefficient (Wildman–Crippen LogP) is 5.72. The third-order valence-corrected chi connectivity index (χ3v) is 11.3. The van der Waals surface area contributed by atoms with E-state index < -0.39 is 35.6 Å². The SMILES string of the molecule is Cc1cc(C(=O)N[C@H]2CC[C@H](O)CC2)ccc1-c1ccc(C[C@@H](NC(=O)[C@H]2CC[C@H](CN)CC2)C(=O)Nc2ccc(-c3nnc(C(F)(F)C(F)(F)C(=O)O)[nH]3)cc2)cc1. The third kappa shape index (κ3) is 9.96. The lowest BCUT2D eigenvalue weighted by Crippen LogP contribution is -2.48. The number of alkyl halides is 4. The quantitative estimate of drug-likeness (QED) is 0.0774. The summed E-state index contributed by atoms with van der Waals surface area (Å²) in [6.45, 7) is 2.47. The van der Waals surface area contributed by atoms with Crippen LogP contribution in [0.1, 0.15) is 78.7 Å². The van der Waals surface area contributed by atoms with Gasteiger partial charge in [0.05, 0.1) is 6.10 Å². The number of aliphatic hydroxyl groups excluding tert-OH is 1.